The molecule has 0 radical (unpaired) electrons. The van der Waals surface area contributed by atoms with Gasteiger partial charge in [0.1, 0.15) is 11.3 Å². The molecular formula is C14H9BrN4O. The summed E-state index contributed by atoms with van der Waals surface area (Å²) in [6, 6.07) is 8.90. The standard InChI is InChI=1S/C14H9BrN4O/c15-10-4-2-6-18-13(10)19-14(20)9-3-1-5-11-12(9)17-8-7-16-11/h1-8H,(H,18,19,20). The lowest BCUT2D eigenvalue weighted by Crippen LogP contribution is -2.14. The third kappa shape index (κ3) is 2.37. The number of anilines is 1. The van der Waals surface area contributed by atoms with Gasteiger partial charge in [-0.3, -0.25) is 14.8 Å². The average molecular weight is 329 g/mol. The van der Waals surface area contributed by atoms with Crippen molar-refractivity contribution < 1.29 is 4.79 Å². The van der Waals surface area contributed by atoms with Gasteiger partial charge in [0.25, 0.3) is 5.91 Å². The molecule has 3 rings (SSSR count). The number of carbonyl (C=O) groups excluding carboxylic acids is 1. The fraction of sp³-hybridized carbons (Fsp3) is 0. The van der Waals surface area contributed by atoms with E-state index in [1.807, 2.05) is 12.1 Å². The van der Waals surface area contributed by atoms with Crippen LogP contribution in [0.15, 0.2) is 53.4 Å². The molecule has 1 N–H and O–H groups in total. The van der Waals surface area contributed by atoms with Crippen LogP contribution in [0.3, 0.4) is 0 Å². The molecule has 2 heterocycles. The molecule has 0 atom stereocenters. The Bertz CT molecular complexity index is 785. The molecule has 1 amide bonds. The maximum Gasteiger partial charge on any atom is 0.259 e. The van der Waals surface area contributed by atoms with Gasteiger partial charge in [0.15, 0.2) is 0 Å². The second-order valence-corrected chi connectivity index (χ2v) is 4.87. The molecule has 5 nitrogen and oxygen atoms in total. The van der Waals surface area contributed by atoms with Crippen molar-refractivity contribution in [2.45, 2.75) is 0 Å². The van der Waals surface area contributed by atoms with Crippen LogP contribution in [-0.4, -0.2) is 20.9 Å². The highest BCUT2D eigenvalue weighted by atomic mass is 79.9. The van der Waals surface area contributed by atoms with E-state index in [4.69, 9.17) is 0 Å². The molecule has 0 spiro atoms. The summed E-state index contributed by atoms with van der Waals surface area (Å²) in [5, 5.41) is 2.75. The highest BCUT2D eigenvalue weighted by Gasteiger charge is 2.13. The third-order valence-electron chi connectivity index (χ3n) is 2.73. The zero-order valence-corrected chi connectivity index (χ0v) is 11.8. The van der Waals surface area contributed by atoms with Gasteiger partial charge in [-0.05, 0) is 40.2 Å². The average Bonchev–Trinajstić information content (AvgIpc) is 2.49. The lowest BCUT2D eigenvalue weighted by atomic mass is 10.1. The van der Waals surface area contributed by atoms with Gasteiger partial charge < -0.3 is 5.32 Å². The molecule has 0 saturated heterocycles. The summed E-state index contributed by atoms with van der Waals surface area (Å²) in [6.07, 6.45) is 4.78. The van der Waals surface area contributed by atoms with Gasteiger partial charge in [-0.25, -0.2) is 4.98 Å². The van der Waals surface area contributed by atoms with Crippen LogP contribution < -0.4 is 5.32 Å². The Morgan fingerprint density at radius 3 is 2.70 bits per heavy atom. The van der Waals surface area contributed by atoms with E-state index < -0.39 is 0 Å². The predicted octanol–water partition coefficient (Wildman–Crippen LogP) is 3.04. The van der Waals surface area contributed by atoms with Crippen molar-refractivity contribution >= 4 is 38.7 Å². The first-order valence-corrected chi connectivity index (χ1v) is 6.66. The minimum Gasteiger partial charge on any atom is -0.306 e. The van der Waals surface area contributed by atoms with Crippen molar-refractivity contribution in [2.24, 2.45) is 0 Å². The first-order chi connectivity index (χ1) is 9.75. The molecule has 1 aromatic carbocycles. The molecule has 0 bridgehead atoms. The molecule has 3 aromatic rings. The Morgan fingerprint density at radius 1 is 1.00 bits per heavy atom. The summed E-state index contributed by atoms with van der Waals surface area (Å²) in [4.78, 5) is 24.8. The summed E-state index contributed by atoms with van der Waals surface area (Å²) < 4.78 is 0.722. The first kappa shape index (κ1) is 12.7. The fourth-order valence-corrected chi connectivity index (χ4v) is 2.18. The topological polar surface area (TPSA) is 67.8 Å². The summed E-state index contributed by atoms with van der Waals surface area (Å²) in [7, 11) is 0. The zero-order valence-electron chi connectivity index (χ0n) is 10.2. The quantitative estimate of drug-likeness (QED) is 0.785. The molecule has 0 aliphatic heterocycles. The second kappa shape index (κ2) is 5.34. The van der Waals surface area contributed by atoms with Crippen LogP contribution in [0.25, 0.3) is 11.0 Å². The largest absolute Gasteiger partial charge is 0.306 e. The van der Waals surface area contributed by atoms with Crippen LogP contribution in [0, 0.1) is 0 Å². The van der Waals surface area contributed by atoms with Gasteiger partial charge in [-0.15, -0.1) is 0 Å². The SMILES string of the molecule is O=C(Nc1ncccc1Br)c1cccc2nccnc12. The minimum absolute atomic E-state index is 0.268. The predicted molar refractivity (Wildman–Crippen MR) is 79.4 cm³/mol. The number of rotatable bonds is 2. The number of halogens is 1. The van der Waals surface area contributed by atoms with Gasteiger partial charge in [-0.1, -0.05) is 6.07 Å². The van der Waals surface area contributed by atoms with Crippen LogP contribution in [0.2, 0.25) is 0 Å². The number of para-hydroxylation sites is 1. The van der Waals surface area contributed by atoms with E-state index in [2.05, 4.69) is 36.2 Å². The Hall–Kier alpha value is -2.34. The normalized spacial score (nSPS) is 10.4. The number of aromatic nitrogens is 3. The molecule has 98 valence electrons. The van der Waals surface area contributed by atoms with Gasteiger partial charge in [0, 0.05) is 18.6 Å². The molecule has 20 heavy (non-hydrogen) atoms. The van der Waals surface area contributed by atoms with Crippen molar-refractivity contribution in [1.82, 2.24) is 15.0 Å². The number of hydrogen-bond acceptors (Lipinski definition) is 4. The van der Waals surface area contributed by atoms with Gasteiger partial charge in [0.05, 0.1) is 15.6 Å². The molecule has 0 aliphatic rings. The monoisotopic (exact) mass is 328 g/mol. The summed E-state index contributed by atoms with van der Waals surface area (Å²) in [5.74, 6) is 0.203. The molecule has 0 saturated carbocycles. The van der Waals surface area contributed by atoms with Gasteiger partial charge in [0.2, 0.25) is 0 Å². The van der Waals surface area contributed by atoms with Crippen LogP contribution in [0.5, 0.6) is 0 Å². The van der Waals surface area contributed by atoms with E-state index in [1.165, 1.54) is 0 Å². The lowest BCUT2D eigenvalue weighted by Gasteiger charge is -2.07. The minimum atomic E-state index is -0.268. The number of pyridine rings is 1. The summed E-state index contributed by atoms with van der Waals surface area (Å²) >= 11 is 3.34. The molecule has 0 fully saturated rings. The Balaban J connectivity index is 1.99. The van der Waals surface area contributed by atoms with Crippen LogP contribution in [0.4, 0.5) is 5.82 Å². The van der Waals surface area contributed by atoms with E-state index in [1.54, 1.807) is 36.8 Å². The van der Waals surface area contributed by atoms with Crippen LogP contribution in [0.1, 0.15) is 10.4 Å². The molecule has 6 heteroatoms. The zero-order chi connectivity index (χ0) is 13.9. The van der Waals surface area contributed by atoms with Crippen LogP contribution >= 0.6 is 15.9 Å². The maximum atomic E-state index is 12.3. The number of hydrogen-bond donors (Lipinski definition) is 1. The third-order valence-corrected chi connectivity index (χ3v) is 3.37. The second-order valence-electron chi connectivity index (χ2n) is 4.02. The molecular weight excluding hydrogens is 320 g/mol. The number of benzene rings is 1. The number of nitrogens with one attached hydrogen (secondary N) is 1. The number of fused-ring (bicyclic) bond motifs is 1. The van der Waals surface area contributed by atoms with Crippen molar-refractivity contribution in [2.75, 3.05) is 5.32 Å². The van der Waals surface area contributed by atoms with Gasteiger partial charge >= 0.3 is 0 Å². The van der Waals surface area contributed by atoms with E-state index in [9.17, 15) is 4.79 Å². The summed E-state index contributed by atoms with van der Waals surface area (Å²) in [6.45, 7) is 0. The van der Waals surface area contributed by atoms with Crippen molar-refractivity contribution in [3.05, 3.63) is 59.0 Å². The molecule has 2 aromatic heterocycles. The van der Waals surface area contributed by atoms with Crippen molar-refractivity contribution in [3.8, 4) is 0 Å². The van der Waals surface area contributed by atoms with Gasteiger partial charge in [-0.2, -0.15) is 0 Å². The maximum absolute atomic E-state index is 12.3. The first-order valence-electron chi connectivity index (χ1n) is 5.87. The lowest BCUT2D eigenvalue weighted by molar-refractivity contribution is 0.102. The van der Waals surface area contributed by atoms with E-state index in [0.29, 0.717) is 22.4 Å². The van der Waals surface area contributed by atoms with Crippen molar-refractivity contribution in [1.29, 1.82) is 0 Å². The smallest absolute Gasteiger partial charge is 0.259 e. The van der Waals surface area contributed by atoms with E-state index in [-0.39, 0.29) is 5.91 Å². The highest BCUT2D eigenvalue weighted by molar-refractivity contribution is 9.10. The van der Waals surface area contributed by atoms with E-state index in [0.717, 1.165) is 4.47 Å². The number of nitrogens with zero attached hydrogens (tertiary/aromatic N) is 3. The Kier molecular flexibility index (Phi) is 3.39. The Morgan fingerprint density at radius 2 is 1.85 bits per heavy atom. The summed E-state index contributed by atoms with van der Waals surface area (Å²) in [5.41, 5.74) is 1.72. The molecule has 0 aliphatic carbocycles. The van der Waals surface area contributed by atoms with Crippen molar-refractivity contribution in [3.63, 3.8) is 0 Å². The number of carbonyl (C=O) groups is 1. The van der Waals surface area contributed by atoms with Crippen LogP contribution in [-0.2, 0) is 0 Å². The Labute approximate surface area is 123 Å². The van der Waals surface area contributed by atoms with E-state index >= 15 is 0 Å². The number of amides is 1. The fourth-order valence-electron chi connectivity index (χ4n) is 1.83. The highest BCUT2D eigenvalue weighted by Crippen LogP contribution is 2.20. The molecule has 0 unspecified atom stereocenters.